The summed E-state index contributed by atoms with van der Waals surface area (Å²) in [6.07, 6.45) is 9.89. The molecule has 0 saturated carbocycles. The normalized spacial score (nSPS) is 14.8. The molecule has 0 unspecified atom stereocenters. The fourth-order valence-corrected chi connectivity index (χ4v) is 2.58. The fourth-order valence-electron chi connectivity index (χ4n) is 2.58. The average Bonchev–Trinajstić information content (AvgIpc) is 2.63. The number of hydrogen-bond acceptors (Lipinski definition) is 2. The molecule has 3 rings (SSSR count). The van der Waals surface area contributed by atoms with Crippen molar-refractivity contribution in [2.24, 2.45) is 0 Å². The van der Waals surface area contributed by atoms with Crippen molar-refractivity contribution in [1.29, 1.82) is 0 Å². The van der Waals surface area contributed by atoms with Crippen LogP contribution in [0.4, 0.5) is 0 Å². The first-order chi connectivity index (χ1) is 12.5. The van der Waals surface area contributed by atoms with E-state index >= 15 is 0 Å². The second-order valence-electron chi connectivity index (χ2n) is 6.42. The molecule has 0 saturated heterocycles. The van der Waals surface area contributed by atoms with Gasteiger partial charge in [0.05, 0.1) is 0 Å². The van der Waals surface area contributed by atoms with Crippen LogP contribution in [0.5, 0.6) is 0 Å². The van der Waals surface area contributed by atoms with Crippen LogP contribution in [0, 0.1) is 13.8 Å². The van der Waals surface area contributed by atoms with Crippen LogP contribution in [-0.2, 0) is 9.59 Å². The van der Waals surface area contributed by atoms with Gasteiger partial charge in [-0.3, -0.25) is 9.59 Å². The molecule has 2 aromatic carbocycles. The lowest BCUT2D eigenvalue weighted by atomic mass is 9.95. The maximum Gasteiger partial charge on any atom is 0.186 e. The van der Waals surface area contributed by atoms with E-state index in [-0.39, 0.29) is 11.6 Å². The molecule has 0 amide bonds. The van der Waals surface area contributed by atoms with Gasteiger partial charge in [-0.05, 0) is 37.1 Å². The highest BCUT2D eigenvalue weighted by molar-refractivity contribution is 6.22. The van der Waals surface area contributed by atoms with Crippen LogP contribution >= 0.6 is 0 Å². The maximum absolute atomic E-state index is 12.3. The van der Waals surface area contributed by atoms with Gasteiger partial charge in [-0.15, -0.1) is 0 Å². The molecule has 0 heterocycles. The zero-order chi connectivity index (χ0) is 18.5. The SMILES string of the molecule is Cc1ccc(/C=C/C2=CC(=O)C(/C=C/c3ccc(C)cc3)=CC2=O)cc1. The molecule has 0 aliphatic heterocycles. The summed E-state index contributed by atoms with van der Waals surface area (Å²) >= 11 is 0. The Morgan fingerprint density at radius 1 is 0.538 bits per heavy atom. The Morgan fingerprint density at radius 3 is 1.23 bits per heavy atom. The molecule has 0 fully saturated rings. The third-order valence-electron chi connectivity index (χ3n) is 4.21. The second-order valence-corrected chi connectivity index (χ2v) is 6.42. The van der Waals surface area contributed by atoms with Crippen molar-refractivity contribution in [2.45, 2.75) is 13.8 Å². The summed E-state index contributed by atoms with van der Waals surface area (Å²) < 4.78 is 0. The molecule has 0 radical (unpaired) electrons. The van der Waals surface area contributed by atoms with Gasteiger partial charge in [-0.25, -0.2) is 0 Å². The van der Waals surface area contributed by atoms with Gasteiger partial charge in [0.1, 0.15) is 0 Å². The highest BCUT2D eigenvalue weighted by atomic mass is 16.1. The molecule has 2 heteroatoms. The number of rotatable bonds is 4. The third-order valence-corrected chi connectivity index (χ3v) is 4.21. The number of ketones is 2. The average molecular weight is 340 g/mol. The fraction of sp³-hybridized carbons (Fsp3) is 0.0833. The van der Waals surface area contributed by atoms with Crippen molar-refractivity contribution in [1.82, 2.24) is 0 Å². The molecule has 1 aliphatic rings. The smallest absolute Gasteiger partial charge is 0.186 e. The van der Waals surface area contributed by atoms with Gasteiger partial charge in [-0.1, -0.05) is 84.0 Å². The van der Waals surface area contributed by atoms with E-state index in [2.05, 4.69) is 0 Å². The van der Waals surface area contributed by atoms with E-state index in [1.165, 1.54) is 23.3 Å². The minimum Gasteiger partial charge on any atom is -0.289 e. The molecule has 26 heavy (non-hydrogen) atoms. The second kappa shape index (κ2) is 7.75. The van der Waals surface area contributed by atoms with Crippen LogP contribution in [0.15, 0.2) is 84.0 Å². The summed E-state index contributed by atoms with van der Waals surface area (Å²) in [6, 6.07) is 16.0. The van der Waals surface area contributed by atoms with E-state index in [1.54, 1.807) is 12.2 Å². The topological polar surface area (TPSA) is 34.1 Å². The van der Waals surface area contributed by atoms with E-state index < -0.39 is 0 Å². The van der Waals surface area contributed by atoms with E-state index in [0.29, 0.717) is 11.1 Å². The Labute approximate surface area is 153 Å². The molecule has 1 aliphatic carbocycles. The van der Waals surface area contributed by atoms with Gasteiger partial charge in [0, 0.05) is 11.1 Å². The van der Waals surface area contributed by atoms with Crippen LogP contribution < -0.4 is 0 Å². The molecule has 2 nitrogen and oxygen atoms in total. The van der Waals surface area contributed by atoms with Gasteiger partial charge in [0.25, 0.3) is 0 Å². The van der Waals surface area contributed by atoms with E-state index in [4.69, 9.17) is 0 Å². The Kier molecular flexibility index (Phi) is 5.23. The molecule has 0 atom stereocenters. The highest BCUT2D eigenvalue weighted by Crippen LogP contribution is 2.17. The van der Waals surface area contributed by atoms with Gasteiger partial charge < -0.3 is 0 Å². The Bertz CT molecular complexity index is 869. The minimum absolute atomic E-state index is 0.156. The van der Waals surface area contributed by atoms with Crippen LogP contribution in [-0.4, -0.2) is 11.6 Å². The number of carbonyl (C=O) groups excluding carboxylic acids is 2. The summed E-state index contributed by atoms with van der Waals surface area (Å²) in [5, 5.41) is 0. The number of hydrogen-bond donors (Lipinski definition) is 0. The molecule has 0 spiro atoms. The van der Waals surface area contributed by atoms with Crippen molar-refractivity contribution in [3.63, 3.8) is 0 Å². The number of aryl methyl sites for hydroxylation is 2. The standard InChI is InChI=1S/C24H20O2/c1-17-3-7-19(8-4-17)11-13-21-15-24(26)22(16-23(21)25)14-12-20-9-5-18(2)6-10-20/h3-16H,1-2H3/b13-11+,14-12+. The largest absolute Gasteiger partial charge is 0.289 e. The Morgan fingerprint density at radius 2 is 0.885 bits per heavy atom. The monoisotopic (exact) mass is 340 g/mol. The first kappa shape index (κ1) is 17.6. The Balaban J connectivity index is 1.73. The van der Waals surface area contributed by atoms with E-state index in [0.717, 1.165) is 11.1 Å². The van der Waals surface area contributed by atoms with Gasteiger partial charge >= 0.3 is 0 Å². The molecule has 0 aromatic heterocycles. The minimum atomic E-state index is -0.156. The lowest BCUT2D eigenvalue weighted by Gasteiger charge is -2.07. The maximum atomic E-state index is 12.3. The highest BCUT2D eigenvalue weighted by Gasteiger charge is 2.16. The van der Waals surface area contributed by atoms with Crippen LogP contribution in [0.25, 0.3) is 12.2 Å². The third kappa shape index (κ3) is 4.42. The molecular weight excluding hydrogens is 320 g/mol. The van der Waals surface area contributed by atoms with Crippen molar-refractivity contribution in [3.8, 4) is 0 Å². The molecule has 128 valence electrons. The number of carbonyl (C=O) groups is 2. The van der Waals surface area contributed by atoms with Crippen LogP contribution in [0.3, 0.4) is 0 Å². The lowest BCUT2D eigenvalue weighted by Crippen LogP contribution is -2.10. The predicted octanol–water partition coefficient (Wildman–Crippen LogP) is 5.03. The van der Waals surface area contributed by atoms with Gasteiger partial charge in [0.2, 0.25) is 0 Å². The summed E-state index contributed by atoms with van der Waals surface area (Å²) in [5.41, 5.74) is 5.15. The summed E-state index contributed by atoms with van der Waals surface area (Å²) in [6.45, 7) is 4.05. The van der Waals surface area contributed by atoms with Crippen molar-refractivity contribution in [3.05, 3.63) is 106 Å². The van der Waals surface area contributed by atoms with E-state index in [1.807, 2.05) is 74.5 Å². The molecule has 0 bridgehead atoms. The van der Waals surface area contributed by atoms with Crippen molar-refractivity contribution >= 4 is 23.7 Å². The van der Waals surface area contributed by atoms with Crippen LogP contribution in [0.1, 0.15) is 22.3 Å². The summed E-state index contributed by atoms with van der Waals surface area (Å²) in [4.78, 5) is 24.6. The van der Waals surface area contributed by atoms with E-state index in [9.17, 15) is 9.59 Å². The first-order valence-electron chi connectivity index (χ1n) is 8.53. The molecule has 2 aromatic rings. The zero-order valence-corrected chi connectivity index (χ0v) is 14.9. The van der Waals surface area contributed by atoms with Crippen LogP contribution in [0.2, 0.25) is 0 Å². The molecule has 0 N–H and O–H groups in total. The van der Waals surface area contributed by atoms with Gasteiger partial charge in [-0.2, -0.15) is 0 Å². The molecular formula is C24H20O2. The Hall–Kier alpha value is -3.26. The quantitative estimate of drug-likeness (QED) is 0.731. The summed E-state index contributed by atoms with van der Waals surface area (Å²) in [7, 11) is 0. The number of benzene rings is 2. The van der Waals surface area contributed by atoms with Gasteiger partial charge in [0.15, 0.2) is 11.6 Å². The number of allylic oxidation sites excluding steroid dienone is 6. The predicted molar refractivity (Wildman–Crippen MR) is 107 cm³/mol. The van der Waals surface area contributed by atoms with Crippen molar-refractivity contribution < 1.29 is 9.59 Å². The zero-order valence-electron chi connectivity index (χ0n) is 14.9. The lowest BCUT2D eigenvalue weighted by molar-refractivity contribution is -0.114. The summed E-state index contributed by atoms with van der Waals surface area (Å²) in [5.74, 6) is -0.312. The first-order valence-corrected chi connectivity index (χ1v) is 8.53. The van der Waals surface area contributed by atoms with Crippen molar-refractivity contribution in [2.75, 3.05) is 0 Å².